The highest BCUT2D eigenvalue weighted by molar-refractivity contribution is 6.35. The largest absolute Gasteiger partial charge is 0.337 e. The van der Waals surface area contributed by atoms with Crippen molar-refractivity contribution in [2.75, 3.05) is 19.6 Å². The third kappa shape index (κ3) is 3.33. The van der Waals surface area contributed by atoms with Crippen LogP contribution in [0.1, 0.15) is 34.6 Å². The minimum Gasteiger partial charge on any atom is -0.337 e. The number of carbonyl (C=O) groups excluding carboxylic acids is 1. The van der Waals surface area contributed by atoms with Gasteiger partial charge in [0.25, 0.3) is 5.91 Å². The molecule has 2 heterocycles. The molecule has 1 saturated heterocycles. The van der Waals surface area contributed by atoms with Crippen LogP contribution in [0, 0.1) is 5.92 Å². The van der Waals surface area contributed by atoms with Gasteiger partial charge >= 0.3 is 0 Å². The van der Waals surface area contributed by atoms with Gasteiger partial charge < -0.3 is 10.6 Å². The zero-order chi connectivity index (χ0) is 17.6. The third-order valence-corrected chi connectivity index (χ3v) is 5.71. The predicted molar refractivity (Wildman–Crippen MR) is 106 cm³/mol. The van der Waals surface area contributed by atoms with Gasteiger partial charge in [0, 0.05) is 29.4 Å². The lowest BCUT2D eigenvalue weighted by Gasteiger charge is -2.15. The van der Waals surface area contributed by atoms with Crippen molar-refractivity contribution in [3.05, 3.63) is 45.2 Å². The van der Waals surface area contributed by atoms with E-state index in [9.17, 15) is 4.79 Å². The van der Waals surface area contributed by atoms with Crippen molar-refractivity contribution >= 4 is 41.5 Å². The Morgan fingerprint density at radius 2 is 2.12 bits per heavy atom. The number of aromatic nitrogens is 2. The summed E-state index contributed by atoms with van der Waals surface area (Å²) in [7, 11) is 0. The summed E-state index contributed by atoms with van der Waals surface area (Å²) in [6.45, 7) is 2.10. The van der Waals surface area contributed by atoms with Crippen LogP contribution in [-0.4, -0.2) is 40.2 Å². The molecule has 4 rings (SSSR count). The van der Waals surface area contributed by atoms with Crippen molar-refractivity contribution in [3.63, 3.8) is 0 Å². The van der Waals surface area contributed by atoms with E-state index in [4.69, 9.17) is 28.9 Å². The van der Waals surface area contributed by atoms with Crippen LogP contribution in [0.3, 0.4) is 0 Å². The molecule has 2 N–H and O–H groups in total. The maximum absolute atomic E-state index is 13.0. The fourth-order valence-corrected chi connectivity index (χ4v) is 4.31. The van der Waals surface area contributed by atoms with Crippen molar-refractivity contribution < 1.29 is 4.79 Å². The van der Waals surface area contributed by atoms with Crippen LogP contribution < -0.4 is 5.73 Å². The van der Waals surface area contributed by atoms with Gasteiger partial charge in [-0.05, 0) is 56.3 Å². The van der Waals surface area contributed by atoms with E-state index < -0.39 is 0 Å². The van der Waals surface area contributed by atoms with Crippen LogP contribution in [0.15, 0.2) is 18.2 Å². The lowest BCUT2D eigenvalue weighted by atomic mass is 10.1. The summed E-state index contributed by atoms with van der Waals surface area (Å²) < 4.78 is 1.82. The van der Waals surface area contributed by atoms with Gasteiger partial charge in [0.1, 0.15) is 0 Å². The molecule has 26 heavy (non-hydrogen) atoms. The molecule has 0 bridgehead atoms. The standard InChI is InChI=1S/C18H20Cl2N4O.ClH/c19-12-4-5-16(14(20)8-12)24-15-3-1-2-13(15)17(22-24)18(25)23-7-6-11(9-21)10-23;/h4-5,8,11H,1-3,6-7,9-10,21H2;1H. The van der Waals surface area contributed by atoms with Gasteiger partial charge in [0.15, 0.2) is 5.69 Å². The first-order valence-electron chi connectivity index (χ1n) is 8.64. The molecule has 1 aromatic heterocycles. The summed E-state index contributed by atoms with van der Waals surface area (Å²) in [6, 6.07) is 5.35. The lowest BCUT2D eigenvalue weighted by Crippen LogP contribution is -2.30. The van der Waals surface area contributed by atoms with Crippen LogP contribution in [0.5, 0.6) is 0 Å². The predicted octanol–water partition coefficient (Wildman–Crippen LogP) is 3.51. The summed E-state index contributed by atoms with van der Waals surface area (Å²) in [5.74, 6) is 0.405. The van der Waals surface area contributed by atoms with E-state index in [-0.39, 0.29) is 18.3 Å². The second-order valence-electron chi connectivity index (χ2n) is 6.78. The van der Waals surface area contributed by atoms with Gasteiger partial charge in [-0.3, -0.25) is 4.79 Å². The normalized spacial score (nSPS) is 18.7. The molecule has 0 spiro atoms. The van der Waals surface area contributed by atoms with Gasteiger partial charge in [-0.1, -0.05) is 23.2 Å². The monoisotopic (exact) mass is 414 g/mol. The minimum atomic E-state index is 0. The van der Waals surface area contributed by atoms with E-state index >= 15 is 0 Å². The molecule has 5 nitrogen and oxygen atoms in total. The van der Waals surface area contributed by atoms with Gasteiger partial charge in [0.05, 0.1) is 10.7 Å². The molecule has 1 fully saturated rings. The van der Waals surface area contributed by atoms with E-state index in [1.807, 2.05) is 15.6 Å². The first-order chi connectivity index (χ1) is 12.1. The Hall–Kier alpha value is -1.27. The van der Waals surface area contributed by atoms with E-state index in [0.29, 0.717) is 28.2 Å². The Morgan fingerprint density at radius 3 is 2.81 bits per heavy atom. The summed E-state index contributed by atoms with van der Waals surface area (Å²) in [6.07, 6.45) is 3.79. The SMILES string of the molecule is Cl.NCC1CCN(C(=O)c2nn(-c3ccc(Cl)cc3Cl)c3c2CCC3)C1. The van der Waals surface area contributed by atoms with E-state index in [2.05, 4.69) is 5.10 Å². The molecule has 0 saturated carbocycles. The summed E-state index contributed by atoms with van der Waals surface area (Å²) >= 11 is 12.4. The van der Waals surface area contributed by atoms with Gasteiger partial charge in [0.2, 0.25) is 0 Å². The summed E-state index contributed by atoms with van der Waals surface area (Å²) in [5, 5.41) is 5.77. The number of rotatable bonds is 3. The maximum atomic E-state index is 13.0. The van der Waals surface area contributed by atoms with Crippen LogP contribution in [-0.2, 0) is 12.8 Å². The Balaban J connectivity index is 0.00000196. The molecule has 1 aliphatic heterocycles. The zero-order valence-electron chi connectivity index (χ0n) is 14.3. The maximum Gasteiger partial charge on any atom is 0.274 e. The Kier molecular flexibility index (Phi) is 5.82. The molecule has 1 aromatic carbocycles. The number of fused-ring (bicyclic) bond motifs is 1. The fourth-order valence-electron chi connectivity index (χ4n) is 3.82. The first kappa shape index (κ1) is 19.5. The Bertz CT molecular complexity index is 836. The van der Waals surface area contributed by atoms with E-state index in [1.54, 1.807) is 12.1 Å². The van der Waals surface area contributed by atoms with Crippen molar-refractivity contribution in [2.45, 2.75) is 25.7 Å². The van der Waals surface area contributed by atoms with Crippen molar-refractivity contribution in [3.8, 4) is 5.69 Å². The van der Waals surface area contributed by atoms with Crippen LogP contribution in [0.25, 0.3) is 5.69 Å². The highest BCUT2D eigenvalue weighted by Gasteiger charge is 2.33. The number of carbonyl (C=O) groups is 1. The van der Waals surface area contributed by atoms with Gasteiger partial charge in [-0.15, -0.1) is 12.4 Å². The number of nitrogens with two attached hydrogens (primary N) is 1. The quantitative estimate of drug-likeness (QED) is 0.834. The molecule has 140 valence electrons. The van der Waals surface area contributed by atoms with E-state index in [0.717, 1.165) is 55.7 Å². The van der Waals surface area contributed by atoms with E-state index in [1.165, 1.54) is 0 Å². The summed E-state index contributed by atoms with van der Waals surface area (Å²) in [4.78, 5) is 14.9. The van der Waals surface area contributed by atoms with Gasteiger partial charge in [-0.25, -0.2) is 4.68 Å². The van der Waals surface area contributed by atoms with Gasteiger partial charge in [-0.2, -0.15) is 5.10 Å². The molecule has 2 aromatic rings. The molecule has 2 aliphatic rings. The third-order valence-electron chi connectivity index (χ3n) is 5.18. The van der Waals surface area contributed by atoms with Crippen molar-refractivity contribution in [2.24, 2.45) is 11.7 Å². The van der Waals surface area contributed by atoms with Crippen LogP contribution in [0.4, 0.5) is 0 Å². The molecule has 1 aliphatic carbocycles. The lowest BCUT2D eigenvalue weighted by molar-refractivity contribution is 0.0780. The average Bonchev–Trinajstić information content (AvgIpc) is 3.31. The Morgan fingerprint density at radius 1 is 1.31 bits per heavy atom. The average molecular weight is 416 g/mol. The molecule has 1 atom stereocenters. The number of nitrogens with zero attached hydrogens (tertiary/aromatic N) is 3. The number of hydrogen-bond donors (Lipinski definition) is 1. The van der Waals surface area contributed by atoms with Crippen LogP contribution >= 0.6 is 35.6 Å². The first-order valence-corrected chi connectivity index (χ1v) is 9.39. The van der Waals surface area contributed by atoms with Crippen molar-refractivity contribution in [1.29, 1.82) is 0 Å². The second kappa shape index (κ2) is 7.77. The number of hydrogen-bond acceptors (Lipinski definition) is 3. The molecular formula is C18H21Cl3N4O. The molecule has 1 amide bonds. The molecule has 0 radical (unpaired) electrons. The number of benzene rings is 1. The number of amides is 1. The topological polar surface area (TPSA) is 64.2 Å². The Labute approximate surface area is 168 Å². The molecule has 1 unspecified atom stereocenters. The molecular weight excluding hydrogens is 395 g/mol. The zero-order valence-corrected chi connectivity index (χ0v) is 16.6. The highest BCUT2D eigenvalue weighted by Crippen LogP contribution is 2.32. The summed E-state index contributed by atoms with van der Waals surface area (Å²) in [5.41, 5.74) is 9.23. The van der Waals surface area contributed by atoms with Crippen molar-refractivity contribution in [1.82, 2.24) is 14.7 Å². The minimum absolute atomic E-state index is 0. The fraction of sp³-hybridized carbons (Fsp3) is 0.444. The highest BCUT2D eigenvalue weighted by atomic mass is 35.5. The second-order valence-corrected chi connectivity index (χ2v) is 7.62. The number of likely N-dealkylation sites (tertiary alicyclic amines) is 1. The number of halogens is 3. The van der Waals surface area contributed by atoms with Crippen LogP contribution in [0.2, 0.25) is 10.0 Å². The smallest absolute Gasteiger partial charge is 0.274 e. The molecule has 8 heteroatoms.